The van der Waals surface area contributed by atoms with Crippen molar-refractivity contribution < 1.29 is 13.2 Å². The molecule has 0 aliphatic carbocycles. The van der Waals surface area contributed by atoms with Crippen molar-refractivity contribution in [2.75, 3.05) is 0 Å². The SMILES string of the molecule is N#CCc1ccc(-c2cccc(F)c2F)c(F)n1. The molecule has 2 aromatic rings. The van der Waals surface area contributed by atoms with E-state index in [1.165, 1.54) is 24.3 Å². The summed E-state index contributed by atoms with van der Waals surface area (Å²) < 4.78 is 40.2. The van der Waals surface area contributed by atoms with Crippen LogP contribution in [0, 0.1) is 28.9 Å². The zero-order chi connectivity index (χ0) is 13.1. The molecule has 90 valence electrons. The topological polar surface area (TPSA) is 36.7 Å². The van der Waals surface area contributed by atoms with Crippen LogP contribution in [0.3, 0.4) is 0 Å². The van der Waals surface area contributed by atoms with Gasteiger partial charge in [-0.15, -0.1) is 0 Å². The first-order valence-electron chi connectivity index (χ1n) is 5.10. The number of halogens is 3. The van der Waals surface area contributed by atoms with E-state index in [9.17, 15) is 13.2 Å². The number of pyridine rings is 1. The fraction of sp³-hybridized carbons (Fsp3) is 0.0769. The van der Waals surface area contributed by atoms with E-state index in [0.29, 0.717) is 0 Å². The van der Waals surface area contributed by atoms with Gasteiger partial charge in [0.25, 0.3) is 0 Å². The zero-order valence-electron chi connectivity index (χ0n) is 9.12. The summed E-state index contributed by atoms with van der Waals surface area (Å²) in [5.41, 5.74) is -0.0761. The second-order valence-corrected chi connectivity index (χ2v) is 3.58. The third-order valence-electron chi connectivity index (χ3n) is 2.41. The quantitative estimate of drug-likeness (QED) is 0.765. The molecule has 0 aliphatic rings. The first-order chi connectivity index (χ1) is 8.63. The highest BCUT2D eigenvalue weighted by Gasteiger charge is 2.14. The minimum atomic E-state index is -1.12. The summed E-state index contributed by atoms with van der Waals surface area (Å²) in [6.07, 6.45) is -0.0389. The lowest BCUT2D eigenvalue weighted by Gasteiger charge is -2.05. The Morgan fingerprint density at radius 2 is 1.83 bits per heavy atom. The molecule has 18 heavy (non-hydrogen) atoms. The average molecular weight is 248 g/mol. The van der Waals surface area contributed by atoms with Gasteiger partial charge in [0.15, 0.2) is 11.6 Å². The van der Waals surface area contributed by atoms with Gasteiger partial charge in [0.2, 0.25) is 5.95 Å². The van der Waals surface area contributed by atoms with Crippen molar-refractivity contribution >= 4 is 0 Å². The van der Waals surface area contributed by atoms with Crippen LogP contribution in [-0.4, -0.2) is 4.98 Å². The first-order valence-corrected chi connectivity index (χ1v) is 5.10. The lowest BCUT2D eigenvalue weighted by molar-refractivity contribution is 0.509. The average Bonchev–Trinajstić information content (AvgIpc) is 2.34. The standard InChI is InChI=1S/C13H7F3N2/c14-11-3-1-2-9(12(11)15)10-5-4-8(6-7-17)18-13(10)16/h1-5H,6H2. The summed E-state index contributed by atoms with van der Waals surface area (Å²) in [7, 11) is 0. The molecular formula is C13H7F3N2. The highest BCUT2D eigenvalue weighted by atomic mass is 19.2. The number of hydrogen-bond donors (Lipinski definition) is 0. The highest BCUT2D eigenvalue weighted by molar-refractivity contribution is 5.64. The molecule has 0 amide bonds. The van der Waals surface area contributed by atoms with Gasteiger partial charge in [0.1, 0.15) is 0 Å². The Balaban J connectivity index is 2.52. The molecule has 0 atom stereocenters. The Hall–Kier alpha value is -2.35. The molecular weight excluding hydrogens is 241 g/mol. The third kappa shape index (κ3) is 2.18. The summed E-state index contributed by atoms with van der Waals surface area (Å²) in [5, 5.41) is 8.46. The maximum atomic E-state index is 13.7. The second-order valence-electron chi connectivity index (χ2n) is 3.58. The van der Waals surface area contributed by atoms with E-state index in [-0.39, 0.29) is 23.2 Å². The molecule has 0 saturated heterocycles. The van der Waals surface area contributed by atoms with Crippen molar-refractivity contribution in [3.8, 4) is 17.2 Å². The smallest absolute Gasteiger partial charge is 0.221 e. The van der Waals surface area contributed by atoms with Gasteiger partial charge in [0, 0.05) is 11.1 Å². The fourth-order valence-corrected chi connectivity index (χ4v) is 1.56. The molecule has 2 rings (SSSR count). The van der Waals surface area contributed by atoms with Crippen LogP contribution in [0.4, 0.5) is 13.2 Å². The second kappa shape index (κ2) is 4.88. The number of hydrogen-bond acceptors (Lipinski definition) is 2. The van der Waals surface area contributed by atoms with Gasteiger partial charge in [-0.2, -0.15) is 9.65 Å². The van der Waals surface area contributed by atoms with E-state index in [1.807, 2.05) is 6.07 Å². The molecule has 0 radical (unpaired) electrons. The number of rotatable bonds is 2. The van der Waals surface area contributed by atoms with Crippen molar-refractivity contribution in [1.82, 2.24) is 4.98 Å². The van der Waals surface area contributed by atoms with Gasteiger partial charge < -0.3 is 0 Å². The van der Waals surface area contributed by atoms with Gasteiger partial charge in [0.05, 0.1) is 18.2 Å². The maximum absolute atomic E-state index is 13.7. The lowest BCUT2D eigenvalue weighted by atomic mass is 10.1. The zero-order valence-corrected chi connectivity index (χ0v) is 9.12. The lowest BCUT2D eigenvalue weighted by Crippen LogP contribution is -1.97. The van der Waals surface area contributed by atoms with E-state index >= 15 is 0 Å². The van der Waals surface area contributed by atoms with Gasteiger partial charge >= 0.3 is 0 Å². The monoisotopic (exact) mass is 248 g/mol. The molecule has 0 bridgehead atoms. The normalized spacial score (nSPS) is 10.1. The van der Waals surface area contributed by atoms with Crippen LogP contribution in [0.15, 0.2) is 30.3 Å². The van der Waals surface area contributed by atoms with Crippen molar-refractivity contribution in [3.63, 3.8) is 0 Å². The van der Waals surface area contributed by atoms with Gasteiger partial charge in [-0.3, -0.25) is 0 Å². The molecule has 0 unspecified atom stereocenters. The molecule has 0 N–H and O–H groups in total. The Bertz CT molecular complexity index is 633. The van der Waals surface area contributed by atoms with Crippen LogP contribution in [0.5, 0.6) is 0 Å². The highest BCUT2D eigenvalue weighted by Crippen LogP contribution is 2.26. The van der Waals surface area contributed by atoms with E-state index in [0.717, 1.165) is 6.07 Å². The minimum absolute atomic E-state index is 0.0389. The van der Waals surface area contributed by atoms with Crippen LogP contribution >= 0.6 is 0 Å². The summed E-state index contributed by atoms with van der Waals surface area (Å²) in [5.74, 6) is -3.09. The largest absolute Gasteiger partial charge is 0.223 e. The molecule has 1 aromatic carbocycles. The Labute approximate surface area is 101 Å². The minimum Gasteiger partial charge on any atom is -0.223 e. The van der Waals surface area contributed by atoms with Crippen LogP contribution in [0.2, 0.25) is 0 Å². The molecule has 1 aromatic heterocycles. The number of nitrogens with zero attached hydrogens (tertiary/aromatic N) is 2. The van der Waals surface area contributed by atoms with E-state index in [4.69, 9.17) is 5.26 Å². The van der Waals surface area contributed by atoms with Gasteiger partial charge in [-0.05, 0) is 18.2 Å². The van der Waals surface area contributed by atoms with Gasteiger partial charge in [-0.25, -0.2) is 13.8 Å². The van der Waals surface area contributed by atoms with Crippen LogP contribution < -0.4 is 0 Å². The van der Waals surface area contributed by atoms with E-state index in [2.05, 4.69) is 4.98 Å². The summed E-state index contributed by atoms with van der Waals surface area (Å²) in [4.78, 5) is 3.53. The number of aromatic nitrogens is 1. The van der Waals surface area contributed by atoms with Gasteiger partial charge in [-0.1, -0.05) is 12.1 Å². The van der Waals surface area contributed by atoms with Crippen molar-refractivity contribution in [2.45, 2.75) is 6.42 Å². The Morgan fingerprint density at radius 3 is 2.50 bits per heavy atom. The summed E-state index contributed by atoms with van der Waals surface area (Å²) in [6.45, 7) is 0. The van der Waals surface area contributed by atoms with E-state index in [1.54, 1.807) is 0 Å². The van der Waals surface area contributed by atoms with Crippen molar-refractivity contribution in [1.29, 1.82) is 5.26 Å². The predicted octanol–water partition coefficient (Wildman–Crippen LogP) is 3.23. The molecule has 0 spiro atoms. The summed E-state index contributed by atoms with van der Waals surface area (Å²) in [6, 6.07) is 8.03. The van der Waals surface area contributed by atoms with Crippen LogP contribution in [0.25, 0.3) is 11.1 Å². The molecule has 0 fully saturated rings. The predicted molar refractivity (Wildman–Crippen MR) is 58.9 cm³/mol. The molecule has 1 heterocycles. The molecule has 0 aliphatic heterocycles. The molecule has 5 heteroatoms. The molecule has 2 nitrogen and oxygen atoms in total. The van der Waals surface area contributed by atoms with Crippen LogP contribution in [0.1, 0.15) is 5.69 Å². The third-order valence-corrected chi connectivity index (χ3v) is 2.41. The maximum Gasteiger partial charge on any atom is 0.221 e. The Morgan fingerprint density at radius 1 is 1.06 bits per heavy atom. The van der Waals surface area contributed by atoms with Crippen LogP contribution in [-0.2, 0) is 6.42 Å². The number of benzene rings is 1. The molecule has 0 saturated carbocycles. The Kier molecular flexibility index (Phi) is 3.28. The number of nitriles is 1. The summed E-state index contributed by atoms with van der Waals surface area (Å²) >= 11 is 0. The van der Waals surface area contributed by atoms with Crippen molar-refractivity contribution in [3.05, 3.63) is 53.6 Å². The fourth-order valence-electron chi connectivity index (χ4n) is 1.56. The van der Waals surface area contributed by atoms with Crippen molar-refractivity contribution in [2.24, 2.45) is 0 Å². The van der Waals surface area contributed by atoms with E-state index < -0.39 is 17.6 Å². The first kappa shape index (κ1) is 12.1.